The first-order chi connectivity index (χ1) is 8.29. The summed E-state index contributed by atoms with van der Waals surface area (Å²) in [5.74, 6) is -1.23. The predicted octanol–water partition coefficient (Wildman–Crippen LogP) is 0.134. The SMILES string of the molecule is CS(=O)(=O)CCCC(=O)N1CCC(C(=O)O)CC1. The van der Waals surface area contributed by atoms with Crippen LogP contribution in [0.5, 0.6) is 0 Å². The van der Waals surface area contributed by atoms with E-state index >= 15 is 0 Å². The van der Waals surface area contributed by atoms with Crippen LogP contribution in [0.4, 0.5) is 0 Å². The fourth-order valence-electron chi connectivity index (χ4n) is 2.02. The van der Waals surface area contributed by atoms with Crippen molar-refractivity contribution in [1.82, 2.24) is 4.90 Å². The van der Waals surface area contributed by atoms with E-state index in [1.807, 2.05) is 0 Å². The Labute approximate surface area is 107 Å². The molecule has 0 aromatic rings. The Morgan fingerprint density at radius 2 is 1.83 bits per heavy atom. The number of carboxylic acids is 1. The van der Waals surface area contributed by atoms with Gasteiger partial charge in [-0.3, -0.25) is 9.59 Å². The predicted molar refractivity (Wildman–Crippen MR) is 65.9 cm³/mol. The van der Waals surface area contributed by atoms with E-state index in [1.54, 1.807) is 4.90 Å². The molecular formula is C11H19NO5S. The van der Waals surface area contributed by atoms with Crippen LogP contribution in [0.1, 0.15) is 25.7 Å². The number of nitrogens with zero attached hydrogens (tertiary/aromatic N) is 1. The number of sulfone groups is 1. The molecule has 104 valence electrons. The van der Waals surface area contributed by atoms with Gasteiger partial charge in [-0.1, -0.05) is 0 Å². The van der Waals surface area contributed by atoms with Gasteiger partial charge < -0.3 is 10.0 Å². The summed E-state index contributed by atoms with van der Waals surface area (Å²) in [6.45, 7) is 0.906. The van der Waals surface area contributed by atoms with Crippen molar-refractivity contribution in [3.8, 4) is 0 Å². The van der Waals surface area contributed by atoms with E-state index in [4.69, 9.17) is 5.11 Å². The van der Waals surface area contributed by atoms with Crippen LogP contribution in [0.2, 0.25) is 0 Å². The van der Waals surface area contributed by atoms with Gasteiger partial charge in [0.25, 0.3) is 0 Å². The molecule has 18 heavy (non-hydrogen) atoms. The maximum absolute atomic E-state index is 11.7. The molecule has 1 N–H and O–H groups in total. The van der Waals surface area contributed by atoms with Crippen LogP contribution < -0.4 is 0 Å². The van der Waals surface area contributed by atoms with Crippen LogP contribution in [0.3, 0.4) is 0 Å². The molecule has 1 aliphatic heterocycles. The Bertz CT molecular complexity index is 409. The minimum atomic E-state index is -3.02. The molecule has 1 saturated heterocycles. The first-order valence-electron chi connectivity index (χ1n) is 5.98. The summed E-state index contributed by atoms with van der Waals surface area (Å²) >= 11 is 0. The quantitative estimate of drug-likeness (QED) is 0.771. The summed E-state index contributed by atoms with van der Waals surface area (Å²) in [6.07, 6.45) is 2.65. The van der Waals surface area contributed by atoms with Gasteiger partial charge in [0.2, 0.25) is 5.91 Å². The van der Waals surface area contributed by atoms with Crippen molar-refractivity contribution in [3.05, 3.63) is 0 Å². The molecule has 7 heteroatoms. The van der Waals surface area contributed by atoms with Crippen molar-refractivity contribution in [1.29, 1.82) is 0 Å². The summed E-state index contributed by atoms with van der Waals surface area (Å²) in [6, 6.07) is 0. The summed E-state index contributed by atoms with van der Waals surface area (Å²) in [5, 5.41) is 8.82. The van der Waals surface area contributed by atoms with Crippen LogP contribution in [0.25, 0.3) is 0 Å². The minimum absolute atomic E-state index is 0.0182. The van der Waals surface area contributed by atoms with Crippen molar-refractivity contribution >= 4 is 21.7 Å². The third-order valence-corrected chi connectivity index (χ3v) is 4.13. The minimum Gasteiger partial charge on any atom is -0.481 e. The third kappa shape index (κ3) is 5.03. The second-order valence-corrected chi connectivity index (χ2v) is 6.99. The molecule has 0 aromatic heterocycles. The van der Waals surface area contributed by atoms with E-state index < -0.39 is 15.8 Å². The molecular weight excluding hydrogens is 258 g/mol. The van der Waals surface area contributed by atoms with E-state index in [0.717, 1.165) is 6.26 Å². The Kier molecular flexibility index (Phi) is 5.13. The van der Waals surface area contributed by atoms with Gasteiger partial charge >= 0.3 is 5.97 Å². The van der Waals surface area contributed by atoms with Crippen molar-refractivity contribution in [2.75, 3.05) is 25.1 Å². The maximum Gasteiger partial charge on any atom is 0.306 e. The molecule has 1 amide bonds. The first kappa shape index (κ1) is 14.9. The fraction of sp³-hybridized carbons (Fsp3) is 0.818. The van der Waals surface area contributed by atoms with Crippen molar-refractivity contribution in [3.63, 3.8) is 0 Å². The molecule has 0 aromatic carbocycles. The zero-order valence-electron chi connectivity index (χ0n) is 10.5. The standard InChI is InChI=1S/C11H19NO5S/c1-18(16,17)8-2-3-10(13)12-6-4-9(5-7-12)11(14)15/h9H,2-8H2,1H3,(H,14,15). The van der Waals surface area contributed by atoms with E-state index in [0.29, 0.717) is 32.4 Å². The van der Waals surface area contributed by atoms with Crippen LogP contribution >= 0.6 is 0 Å². The van der Waals surface area contributed by atoms with Crippen LogP contribution in [-0.4, -0.2) is 55.4 Å². The highest BCUT2D eigenvalue weighted by Crippen LogP contribution is 2.18. The lowest BCUT2D eigenvalue weighted by Crippen LogP contribution is -2.40. The Hall–Kier alpha value is -1.11. The normalized spacial score (nSPS) is 17.7. The second kappa shape index (κ2) is 6.17. The Morgan fingerprint density at radius 3 is 2.28 bits per heavy atom. The van der Waals surface area contributed by atoms with E-state index in [9.17, 15) is 18.0 Å². The molecule has 1 heterocycles. The van der Waals surface area contributed by atoms with Crippen LogP contribution in [0, 0.1) is 5.92 Å². The largest absolute Gasteiger partial charge is 0.481 e. The highest BCUT2D eigenvalue weighted by atomic mass is 32.2. The van der Waals surface area contributed by atoms with Crippen molar-refractivity contribution < 1.29 is 23.1 Å². The van der Waals surface area contributed by atoms with Gasteiger partial charge in [-0.15, -0.1) is 0 Å². The molecule has 6 nitrogen and oxygen atoms in total. The average Bonchev–Trinajstić information content (AvgIpc) is 2.27. The van der Waals surface area contributed by atoms with E-state index in [1.165, 1.54) is 0 Å². The lowest BCUT2D eigenvalue weighted by atomic mass is 9.97. The van der Waals surface area contributed by atoms with Gasteiger partial charge in [0.1, 0.15) is 9.84 Å². The van der Waals surface area contributed by atoms with Crippen molar-refractivity contribution in [2.24, 2.45) is 5.92 Å². The third-order valence-electron chi connectivity index (χ3n) is 3.10. The average molecular weight is 277 g/mol. The van der Waals surface area contributed by atoms with Gasteiger partial charge in [-0.05, 0) is 19.3 Å². The number of hydrogen-bond acceptors (Lipinski definition) is 4. The number of carbonyl (C=O) groups excluding carboxylic acids is 1. The van der Waals surface area contributed by atoms with Crippen LogP contribution in [0.15, 0.2) is 0 Å². The number of rotatable bonds is 5. The molecule has 0 saturated carbocycles. The molecule has 0 atom stereocenters. The molecule has 1 aliphatic rings. The number of hydrogen-bond donors (Lipinski definition) is 1. The Morgan fingerprint density at radius 1 is 1.28 bits per heavy atom. The monoisotopic (exact) mass is 277 g/mol. The molecule has 0 bridgehead atoms. The second-order valence-electron chi connectivity index (χ2n) is 4.73. The number of aliphatic carboxylic acids is 1. The summed E-state index contributed by atoms with van der Waals surface area (Å²) in [4.78, 5) is 24.1. The molecule has 0 radical (unpaired) electrons. The fourth-order valence-corrected chi connectivity index (χ4v) is 2.69. The number of carboxylic acid groups (broad SMARTS) is 1. The van der Waals surface area contributed by atoms with Gasteiger partial charge in [0.05, 0.1) is 11.7 Å². The Balaban J connectivity index is 2.30. The van der Waals surface area contributed by atoms with E-state index in [2.05, 4.69) is 0 Å². The molecule has 0 unspecified atom stereocenters. The highest BCUT2D eigenvalue weighted by molar-refractivity contribution is 7.90. The van der Waals surface area contributed by atoms with Gasteiger partial charge in [0.15, 0.2) is 0 Å². The summed E-state index contributed by atoms with van der Waals surface area (Å²) in [7, 11) is -3.02. The smallest absolute Gasteiger partial charge is 0.306 e. The van der Waals surface area contributed by atoms with Crippen molar-refractivity contribution in [2.45, 2.75) is 25.7 Å². The number of likely N-dealkylation sites (tertiary alicyclic amines) is 1. The molecule has 0 aliphatic carbocycles. The van der Waals surface area contributed by atoms with Gasteiger partial charge in [-0.2, -0.15) is 0 Å². The van der Waals surface area contributed by atoms with E-state index in [-0.39, 0.29) is 24.0 Å². The molecule has 0 spiro atoms. The number of piperidine rings is 1. The highest BCUT2D eigenvalue weighted by Gasteiger charge is 2.26. The maximum atomic E-state index is 11.7. The molecule has 1 fully saturated rings. The zero-order valence-corrected chi connectivity index (χ0v) is 11.3. The summed E-state index contributed by atoms with van der Waals surface area (Å²) in [5.41, 5.74) is 0. The number of amides is 1. The first-order valence-corrected chi connectivity index (χ1v) is 8.04. The lowest BCUT2D eigenvalue weighted by Gasteiger charge is -2.30. The molecule has 1 rings (SSSR count). The van der Waals surface area contributed by atoms with Crippen LogP contribution in [-0.2, 0) is 19.4 Å². The topological polar surface area (TPSA) is 91.8 Å². The van der Waals surface area contributed by atoms with Gasteiger partial charge in [0, 0.05) is 25.8 Å². The number of carbonyl (C=O) groups is 2. The summed E-state index contributed by atoms with van der Waals surface area (Å²) < 4.78 is 21.8. The van der Waals surface area contributed by atoms with Gasteiger partial charge in [-0.25, -0.2) is 8.42 Å². The zero-order chi connectivity index (χ0) is 13.8. The lowest BCUT2D eigenvalue weighted by molar-refractivity contribution is -0.145.